The van der Waals surface area contributed by atoms with Crippen LogP contribution in [0.1, 0.15) is 36.5 Å². The molecule has 0 unspecified atom stereocenters. The largest absolute Gasteiger partial charge is 0.491 e. The second kappa shape index (κ2) is 5.77. The van der Waals surface area contributed by atoms with Gasteiger partial charge in [-0.2, -0.15) is 0 Å². The molecule has 1 rings (SSSR count). The van der Waals surface area contributed by atoms with E-state index in [0.29, 0.717) is 12.0 Å². The molecule has 0 atom stereocenters. The minimum Gasteiger partial charge on any atom is -0.423 e. The number of hydrogen-bond donors (Lipinski definition) is 2. The molecule has 0 bridgehead atoms. The SMILES string of the molecule is CCCCC(=O)c1ccc(F)c(B(O)O)c1. The number of carbonyl (C=O) groups excluding carboxylic acids is 1. The van der Waals surface area contributed by atoms with Gasteiger partial charge in [-0.3, -0.25) is 4.79 Å². The molecular weight excluding hydrogens is 210 g/mol. The maximum absolute atomic E-state index is 13.1. The van der Waals surface area contributed by atoms with Crippen LogP contribution in [0, 0.1) is 5.82 Å². The first-order valence-electron chi connectivity index (χ1n) is 5.25. The first-order chi connectivity index (χ1) is 7.56. The molecule has 0 aliphatic rings. The number of ketones is 1. The highest BCUT2D eigenvalue weighted by Gasteiger charge is 2.18. The van der Waals surface area contributed by atoms with Crippen LogP contribution in [0.15, 0.2) is 18.2 Å². The van der Waals surface area contributed by atoms with Gasteiger partial charge in [-0.15, -0.1) is 0 Å². The van der Waals surface area contributed by atoms with E-state index in [1.54, 1.807) is 0 Å². The van der Waals surface area contributed by atoms with Crippen LogP contribution in [0.25, 0.3) is 0 Å². The van der Waals surface area contributed by atoms with Gasteiger partial charge < -0.3 is 10.0 Å². The topological polar surface area (TPSA) is 57.5 Å². The van der Waals surface area contributed by atoms with Gasteiger partial charge in [0.1, 0.15) is 5.82 Å². The lowest BCUT2D eigenvalue weighted by Gasteiger charge is -2.05. The summed E-state index contributed by atoms with van der Waals surface area (Å²) in [6.45, 7) is 1.97. The Balaban J connectivity index is 2.90. The third-order valence-electron chi connectivity index (χ3n) is 2.35. The summed E-state index contributed by atoms with van der Waals surface area (Å²) in [4.78, 5) is 11.6. The van der Waals surface area contributed by atoms with Crippen LogP contribution >= 0.6 is 0 Å². The lowest BCUT2D eigenvalue weighted by atomic mass is 9.78. The highest BCUT2D eigenvalue weighted by Crippen LogP contribution is 2.07. The van der Waals surface area contributed by atoms with Crippen molar-refractivity contribution < 1.29 is 19.2 Å². The number of Topliss-reactive ketones (excluding diaryl/α,β-unsaturated/α-hetero) is 1. The molecule has 5 heteroatoms. The molecule has 0 amide bonds. The van der Waals surface area contributed by atoms with Crippen molar-refractivity contribution in [2.45, 2.75) is 26.2 Å². The number of halogens is 1. The third-order valence-corrected chi connectivity index (χ3v) is 2.35. The Labute approximate surface area is 94.1 Å². The fraction of sp³-hybridized carbons (Fsp3) is 0.364. The van der Waals surface area contributed by atoms with Gasteiger partial charge in [-0.05, 0) is 24.6 Å². The highest BCUT2D eigenvalue weighted by atomic mass is 19.1. The first kappa shape index (κ1) is 12.9. The molecule has 0 fully saturated rings. The molecule has 1 aromatic rings. The molecule has 3 nitrogen and oxygen atoms in total. The summed E-state index contributed by atoms with van der Waals surface area (Å²) in [6.07, 6.45) is 2.07. The van der Waals surface area contributed by atoms with Gasteiger partial charge >= 0.3 is 7.12 Å². The van der Waals surface area contributed by atoms with Crippen molar-refractivity contribution in [1.29, 1.82) is 0 Å². The van der Waals surface area contributed by atoms with E-state index in [2.05, 4.69) is 0 Å². The summed E-state index contributed by atoms with van der Waals surface area (Å²) in [6, 6.07) is 3.63. The summed E-state index contributed by atoms with van der Waals surface area (Å²) in [7, 11) is -1.89. The average molecular weight is 224 g/mol. The lowest BCUT2D eigenvalue weighted by molar-refractivity contribution is 0.0980. The predicted molar refractivity (Wildman–Crippen MR) is 60.1 cm³/mol. The molecular formula is C11H14BFO3. The van der Waals surface area contributed by atoms with Crippen molar-refractivity contribution in [2.24, 2.45) is 0 Å². The molecule has 1 aromatic carbocycles. The Bertz CT molecular complexity index is 379. The van der Waals surface area contributed by atoms with Crippen LogP contribution in [0.3, 0.4) is 0 Å². The Morgan fingerprint density at radius 1 is 1.44 bits per heavy atom. The molecule has 0 saturated carbocycles. The summed E-state index contributed by atoms with van der Waals surface area (Å²) in [5.41, 5.74) is 0.0558. The number of unbranched alkanes of at least 4 members (excludes halogenated alkanes) is 1. The summed E-state index contributed by atoms with van der Waals surface area (Å²) >= 11 is 0. The van der Waals surface area contributed by atoms with Crippen molar-refractivity contribution in [1.82, 2.24) is 0 Å². The third kappa shape index (κ3) is 3.15. The van der Waals surface area contributed by atoms with E-state index in [9.17, 15) is 9.18 Å². The minimum absolute atomic E-state index is 0.108. The van der Waals surface area contributed by atoms with E-state index < -0.39 is 12.9 Å². The average Bonchev–Trinajstić information content (AvgIpc) is 2.26. The van der Waals surface area contributed by atoms with Gasteiger partial charge in [0.05, 0.1) is 0 Å². The van der Waals surface area contributed by atoms with E-state index in [0.717, 1.165) is 18.9 Å². The van der Waals surface area contributed by atoms with Crippen LogP contribution in [-0.4, -0.2) is 22.9 Å². The summed E-state index contributed by atoms with van der Waals surface area (Å²) in [5.74, 6) is -0.828. The molecule has 0 heterocycles. The second-order valence-corrected chi connectivity index (χ2v) is 3.64. The number of hydrogen-bond acceptors (Lipinski definition) is 3. The van der Waals surface area contributed by atoms with Gasteiger partial charge in [0.15, 0.2) is 5.78 Å². The van der Waals surface area contributed by atoms with E-state index in [4.69, 9.17) is 10.0 Å². The standard InChI is InChI=1S/C11H14BFO3/c1-2-3-4-11(14)8-5-6-10(13)9(7-8)12(15)16/h5-7,15-16H,2-4H2,1H3. The molecule has 0 spiro atoms. The Morgan fingerprint density at radius 3 is 2.69 bits per heavy atom. The van der Waals surface area contributed by atoms with Gasteiger partial charge in [0, 0.05) is 17.4 Å². The Kier molecular flexibility index (Phi) is 4.64. The minimum atomic E-state index is -1.89. The second-order valence-electron chi connectivity index (χ2n) is 3.64. The zero-order valence-electron chi connectivity index (χ0n) is 9.11. The summed E-state index contributed by atoms with van der Waals surface area (Å²) < 4.78 is 13.1. The quantitative estimate of drug-likeness (QED) is 0.576. The molecule has 16 heavy (non-hydrogen) atoms. The van der Waals surface area contributed by atoms with Gasteiger partial charge in [-0.1, -0.05) is 13.3 Å². The molecule has 2 N–H and O–H groups in total. The molecule has 0 radical (unpaired) electrons. The smallest absolute Gasteiger partial charge is 0.423 e. The maximum Gasteiger partial charge on any atom is 0.491 e. The summed E-state index contributed by atoms with van der Waals surface area (Å²) in [5, 5.41) is 17.8. The molecule has 86 valence electrons. The van der Waals surface area contributed by atoms with E-state index >= 15 is 0 Å². The molecule has 0 aromatic heterocycles. The predicted octanol–water partition coefficient (Wildman–Crippen LogP) is 0.878. The number of carbonyl (C=O) groups is 1. The molecule has 0 aliphatic heterocycles. The zero-order chi connectivity index (χ0) is 12.1. The van der Waals surface area contributed by atoms with E-state index in [1.807, 2.05) is 6.92 Å². The number of benzene rings is 1. The van der Waals surface area contributed by atoms with Crippen molar-refractivity contribution >= 4 is 18.4 Å². The van der Waals surface area contributed by atoms with Crippen LogP contribution < -0.4 is 5.46 Å². The van der Waals surface area contributed by atoms with Gasteiger partial charge in [0.2, 0.25) is 0 Å². The fourth-order valence-electron chi connectivity index (χ4n) is 1.40. The van der Waals surface area contributed by atoms with E-state index in [-0.39, 0.29) is 11.2 Å². The lowest BCUT2D eigenvalue weighted by Crippen LogP contribution is -2.33. The maximum atomic E-state index is 13.1. The van der Waals surface area contributed by atoms with Crippen molar-refractivity contribution in [3.63, 3.8) is 0 Å². The van der Waals surface area contributed by atoms with Gasteiger partial charge in [-0.25, -0.2) is 4.39 Å². The van der Waals surface area contributed by atoms with Gasteiger partial charge in [0.25, 0.3) is 0 Å². The molecule has 0 saturated heterocycles. The monoisotopic (exact) mass is 224 g/mol. The zero-order valence-corrected chi connectivity index (χ0v) is 9.11. The Morgan fingerprint density at radius 2 is 2.12 bits per heavy atom. The van der Waals surface area contributed by atoms with Crippen LogP contribution in [0.2, 0.25) is 0 Å². The van der Waals surface area contributed by atoms with Crippen LogP contribution in [0.4, 0.5) is 4.39 Å². The number of rotatable bonds is 5. The highest BCUT2D eigenvalue weighted by molar-refractivity contribution is 6.58. The van der Waals surface area contributed by atoms with Crippen molar-refractivity contribution in [3.8, 4) is 0 Å². The van der Waals surface area contributed by atoms with Crippen LogP contribution in [0.5, 0.6) is 0 Å². The fourth-order valence-corrected chi connectivity index (χ4v) is 1.40. The normalized spacial score (nSPS) is 10.2. The van der Waals surface area contributed by atoms with Crippen molar-refractivity contribution in [3.05, 3.63) is 29.6 Å². The first-order valence-corrected chi connectivity index (χ1v) is 5.25. The molecule has 0 aliphatic carbocycles. The Hall–Kier alpha value is -1.20. The van der Waals surface area contributed by atoms with Crippen molar-refractivity contribution in [2.75, 3.05) is 0 Å². The van der Waals surface area contributed by atoms with E-state index in [1.165, 1.54) is 12.1 Å². The van der Waals surface area contributed by atoms with Crippen LogP contribution in [-0.2, 0) is 0 Å².